The van der Waals surface area contributed by atoms with Crippen LogP contribution in [0.15, 0.2) is 0 Å². The van der Waals surface area contributed by atoms with Crippen molar-refractivity contribution in [2.75, 3.05) is 13.1 Å². The van der Waals surface area contributed by atoms with E-state index in [1.165, 1.54) is 19.3 Å². The Balaban J connectivity index is 1.51. The molecule has 4 bridgehead atoms. The summed E-state index contributed by atoms with van der Waals surface area (Å²) in [4.78, 5) is 12.6. The van der Waals surface area contributed by atoms with E-state index in [1.54, 1.807) is 6.92 Å². The molecule has 0 spiro atoms. The van der Waals surface area contributed by atoms with Crippen LogP contribution in [0, 0.1) is 23.2 Å². The number of nitrogens with one attached hydrogen (secondary N) is 1. The van der Waals surface area contributed by atoms with Gasteiger partial charge in [-0.3, -0.25) is 4.79 Å². The van der Waals surface area contributed by atoms with Gasteiger partial charge in [-0.25, -0.2) is 0 Å². The van der Waals surface area contributed by atoms with Crippen LogP contribution in [-0.4, -0.2) is 31.3 Å². The molecule has 6 heteroatoms. The maximum Gasteiger partial charge on any atom is 0.401 e. The summed E-state index contributed by atoms with van der Waals surface area (Å²) in [5.74, 6) is 1.78. The fourth-order valence-corrected chi connectivity index (χ4v) is 5.13. The summed E-state index contributed by atoms with van der Waals surface area (Å²) >= 11 is 0. The molecule has 4 aliphatic carbocycles. The van der Waals surface area contributed by atoms with Gasteiger partial charge in [-0.15, -0.1) is 0 Å². The number of halogens is 3. The van der Waals surface area contributed by atoms with Gasteiger partial charge in [0.25, 0.3) is 0 Å². The summed E-state index contributed by atoms with van der Waals surface area (Å²) in [7, 11) is 0. The van der Waals surface area contributed by atoms with Crippen LogP contribution in [0.2, 0.25) is 0 Å². The van der Waals surface area contributed by atoms with E-state index in [4.69, 9.17) is 4.74 Å². The number of carbonyl (C=O) groups excluding carboxylic acids is 1. The highest BCUT2D eigenvalue weighted by molar-refractivity contribution is 5.77. The molecule has 0 aliphatic heterocycles. The van der Waals surface area contributed by atoms with Crippen molar-refractivity contribution in [1.29, 1.82) is 0 Å². The van der Waals surface area contributed by atoms with Crippen LogP contribution < -0.4 is 5.32 Å². The molecule has 4 saturated carbocycles. The van der Waals surface area contributed by atoms with Gasteiger partial charge in [0.1, 0.15) is 6.10 Å². The van der Waals surface area contributed by atoms with Crippen molar-refractivity contribution < 1.29 is 22.7 Å². The number of esters is 1. The summed E-state index contributed by atoms with van der Waals surface area (Å²) in [5, 5.41) is 2.30. The summed E-state index contributed by atoms with van der Waals surface area (Å²) in [6.45, 7) is 0.644. The minimum Gasteiger partial charge on any atom is -0.461 e. The van der Waals surface area contributed by atoms with E-state index in [0.29, 0.717) is 17.8 Å². The van der Waals surface area contributed by atoms with Crippen LogP contribution in [0.3, 0.4) is 0 Å². The average Bonchev–Trinajstić information content (AvgIpc) is 2.35. The molecule has 0 aromatic rings. The molecule has 4 fully saturated rings. The lowest BCUT2D eigenvalue weighted by molar-refractivity contribution is -0.176. The number of carbonyl (C=O) groups is 1. The zero-order chi connectivity index (χ0) is 16.0. The Morgan fingerprint density at radius 2 is 1.68 bits per heavy atom. The number of hydrogen-bond donors (Lipinski definition) is 1. The van der Waals surface area contributed by atoms with Crippen LogP contribution >= 0.6 is 0 Å². The summed E-state index contributed by atoms with van der Waals surface area (Å²) < 4.78 is 41.8. The normalized spacial score (nSPS) is 38.1. The van der Waals surface area contributed by atoms with Gasteiger partial charge in [0.15, 0.2) is 0 Å². The maximum absolute atomic E-state index is 12.6. The van der Waals surface area contributed by atoms with Crippen molar-refractivity contribution in [2.45, 2.75) is 57.7 Å². The largest absolute Gasteiger partial charge is 0.461 e. The van der Waals surface area contributed by atoms with Crippen LogP contribution in [0.4, 0.5) is 13.2 Å². The fourth-order valence-electron chi connectivity index (χ4n) is 5.13. The first-order valence-electron chi connectivity index (χ1n) is 8.24. The first-order valence-corrected chi connectivity index (χ1v) is 8.24. The van der Waals surface area contributed by atoms with Gasteiger partial charge in [-0.2, -0.15) is 13.2 Å². The monoisotopic (exact) mass is 319 g/mol. The molecule has 1 unspecified atom stereocenters. The zero-order valence-electron chi connectivity index (χ0n) is 12.9. The van der Waals surface area contributed by atoms with Crippen molar-refractivity contribution in [3.05, 3.63) is 0 Å². The van der Waals surface area contributed by atoms with Crippen LogP contribution in [0.25, 0.3) is 0 Å². The molecule has 4 rings (SSSR count). The smallest absolute Gasteiger partial charge is 0.401 e. The lowest BCUT2D eigenvalue weighted by Crippen LogP contribution is -2.51. The first-order chi connectivity index (χ1) is 10.3. The lowest BCUT2D eigenvalue weighted by Gasteiger charge is -2.55. The molecule has 0 saturated heterocycles. The van der Waals surface area contributed by atoms with E-state index in [2.05, 4.69) is 5.32 Å². The Labute approximate surface area is 129 Å². The summed E-state index contributed by atoms with van der Waals surface area (Å²) in [5.41, 5.74) is -0.340. The van der Waals surface area contributed by atoms with E-state index >= 15 is 0 Å². The van der Waals surface area contributed by atoms with Gasteiger partial charge >= 0.3 is 12.1 Å². The summed E-state index contributed by atoms with van der Waals surface area (Å²) in [6, 6.07) is 0. The first kappa shape index (κ1) is 16.1. The predicted molar refractivity (Wildman–Crippen MR) is 75.1 cm³/mol. The Morgan fingerprint density at radius 3 is 2.14 bits per heavy atom. The topological polar surface area (TPSA) is 38.3 Å². The third-order valence-corrected chi connectivity index (χ3v) is 5.54. The highest BCUT2D eigenvalue weighted by Crippen LogP contribution is 2.60. The van der Waals surface area contributed by atoms with E-state index in [9.17, 15) is 18.0 Å². The van der Waals surface area contributed by atoms with Crippen molar-refractivity contribution in [3.8, 4) is 0 Å². The van der Waals surface area contributed by atoms with E-state index in [0.717, 1.165) is 19.3 Å². The third-order valence-electron chi connectivity index (χ3n) is 5.54. The average molecular weight is 319 g/mol. The Bertz CT molecular complexity index is 400. The molecule has 1 N–H and O–H groups in total. The highest BCUT2D eigenvalue weighted by Gasteiger charge is 2.55. The maximum atomic E-state index is 12.6. The molecule has 3 nitrogen and oxygen atoms in total. The molecule has 0 aromatic carbocycles. The number of alkyl halides is 3. The van der Waals surface area contributed by atoms with Gasteiger partial charge in [-0.1, -0.05) is 0 Å². The van der Waals surface area contributed by atoms with Gasteiger partial charge in [0.2, 0.25) is 0 Å². The minimum atomic E-state index is -4.23. The van der Waals surface area contributed by atoms with Crippen molar-refractivity contribution in [3.63, 3.8) is 0 Å². The lowest BCUT2D eigenvalue weighted by atomic mass is 9.49. The number of hydrogen-bond acceptors (Lipinski definition) is 3. The predicted octanol–water partition coefficient (Wildman–Crippen LogP) is 3.29. The molecule has 1 atom stereocenters. The van der Waals surface area contributed by atoms with Gasteiger partial charge < -0.3 is 10.1 Å². The number of ether oxygens (including phenoxy) is 1. The Morgan fingerprint density at radius 1 is 1.18 bits per heavy atom. The molecule has 0 aromatic heterocycles. The fraction of sp³-hybridized carbons (Fsp3) is 0.938. The summed E-state index contributed by atoms with van der Waals surface area (Å²) in [6.07, 6.45) is 1.73. The van der Waals surface area contributed by atoms with Crippen LogP contribution in [0.1, 0.15) is 45.4 Å². The van der Waals surface area contributed by atoms with E-state index in [1.807, 2.05) is 0 Å². The molecular formula is C16H24F3NO2. The van der Waals surface area contributed by atoms with Crippen LogP contribution in [0.5, 0.6) is 0 Å². The quantitative estimate of drug-likeness (QED) is 0.790. The zero-order valence-corrected chi connectivity index (χ0v) is 12.9. The molecule has 22 heavy (non-hydrogen) atoms. The van der Waals surface area contributed by atoms with Crippen molar-refractivity contribution in [1.82, 2.24) is 5.32 Å². The van der Waals surface area contributed by atoms with Gasteiger partial charge in [0.05, 0.1) is 12.0 Å². The second-order valence-electron chi connectivity index (χ2n) is 7.66. The van der Waals surface area contributed by atoms with Crippen molar-refractivity contribution in [2.24, 2.45) is 23.2 Å². The van der Waals surface area contributed by atoms with E-state index < -0.39 is 18.8 Å². The van der Waals surface area contributed by atoms with Crippen LogP contribution in [-0.2, 0) is 9.53 Å². The molecule has 0 heterocycles. The minimum absolute atomic E-state index is 0.0393. The number of rotatable bonds is 5. The van der Waals surface area contributed by atoms with E-state index in [-0.39, 0.29) is 17.9 Å². The molecule has 0 amide bonds. The van der Waals surface area contributed by atoms with Gasteiger partial charge in [0, 0.05) is 6.54 Å². The molecule has 4 aliphatic rings. The standard InChI is InChI=1S/C16H24F3NO2/c1-10(8-20-9-16(17,18)19)22-14(21)15-5-11-2-12(6-15)4-13(3-11)7-15/h10-13,20H,2-9H2,1H3. The second-order valence-corrected chi connectivity index (χ2v) is 7.66. The van der Waals surface area contributed by atoms with Crippen molar-refractivity contribution >= 4 is 5.97 Å². The third kappa shape index (κ3) is 3.42. The SMILES string of the molecule is CC(CNCC(F)(F)F)OC(=O)C12CC3CC(CC(C3)C1)C2. The Kier molecular flexibility index (Phi) is 4.16. The van der Waals surface area contributed by atoms with Gasteiger partial charge in [-0.05, 0) is 63.2 Å². The highest BCUT2D eigenvalue weighted by atomic mass is 19.4. The second kappa shape index (κ2) is 5.69. The molecule has 0 radical (unpaired) electrons. The Hall–Kier alpha value is -0.780. The molecule has 126 valence electrons. The molecular weight excluding hydrogens is 295 g/mol.